The number of nitrogens with zero attached hydrogens (tertiary/aromatic N) is 1. The molecule has 1 aliphatic carbocycles. The van der Waals surface area contributed by atoms with Crippen LogP contribution < -0.4 is 4.74 Å². The molecule has 0 aromatic carbocycles. The van der Waals surface area contributed by atoms with Crippen molar-refractivity contribution >= 4 is 0 Å². The van der Waals surface area contributed by atoms with Gasteiger partial charge in [-0.05, 0) is 45.0 Å². The number of fused-ring (bicyclic) bond motifs is 1. The second-order valence-corrected chi connectivity index (χ2v) is 3.61. The number of hydrogen-bond acceptors (Lipinski definition) is 2. The lowest BCUT2D eigenvalue weighted by atomic mass is 10.1. The largest absolute Gasteiger partial charge is 0.494 e. The Kier molecular flexibility index (Phi) is 2.58. The maximum Gasteiger partial charge on any atom is 0.119 e. The monoisotopic (exact) mass is 201 g/mol. The van der Waals surface area contributed by atoms with Crippen LogP contribution in [0.25, 0.3) is 11.1 Å². The van der Waals surface area contributed by atoms with Gasteiger partial charge in [-0.15, -0.1) is 0 Å². The molecule has 1 aliphatic heterocycles. The Morgan fingerprint density at radius 2 is 1.53 bits per heavy atom. The molecule has 2 aliphatic rings. The normalized spacial score (nSPS) is 10.6. The summed E-state index contributed by atoms with van der Waals surface area (Å²) in [6.45, 7) is 6.76. The number of rotatable bonds is 2. The molecule has 0 saturated heterocycles. The number of aromatic nitrogens is 1. The van der Waals surface area contributed by atoms with E-state index >= 15 is 0 Å². The summed E-state index contributed by atoms with van der Waals surface area (Å²) in [5.74, 6) is 0.910. The fourth-order valence-corrected chi connectivity index (χ4v) is 1.83. The first kappa shape index (κ1) is 9.97. The highest BCUT2D eigenvalue weighted by molar-refractivity contribution is 5.70. The summed E-state index contributed by atoms with van der Waals surface area (Å²) < 4.78 is 5.47. The van der Waals surface area contributed by atoms with E-state index in [-0.39, 0.29) is 0 Å². The molecule has 78 valence electrons. The van der Waals surface area contributed by atoms with Crippen LogP contribution in [0.5, 0.6) is 5.75 Å². The Labute approximate surface area is 90.3 Å². The van der Waals surface area contributed by atoms with Crippen LogP contribution >= 0.6 is 0 Å². The van der Waals surface area contributed by atoms with Gasteiger partial charge >= 0.3 is 0 Å². The van der Waals surface area contributed by atoms with Gasteiger partial charge in [0.2, 0.25) is 0 Å². The molecular weight excluding hydrogens is 186 g/mol. The van der Waals surface area contributed by atoms with Crippen LogP contribution in [0.4, 0.5) is 0 Å². The van der Waals surface area contributed by atoms with Crippen LogP contribution in [-0.4, -0.2) is 11.6 Å². The van der Waals surface area contributed by atoms with Gasteiger partial charge < -0.3 is 4.74 Å². The summed E-state index contributed by atoms with van der Waals surface area (Å²) in [5.41, 5.74) is 4.58. The van der Waals surface area contributed by atoms with Gasteiger partial charge in [0.1, 0.15) is 5.75 Å². The third-order valence-corrected chi connectivity index (χ3v) is 2.54. The molecule has 2 nitrogen and oxygen atoms in total. The zero-order chi connectivity index (χ0) is 10.8. The van der Waals surface area contributed by atoms with Gasteiger partial charge in [-0.3, -0.25) is 4.98 Å². The summed E-state index contributed by atoms with van der Waals surface area (Å²) in [6, 6.07) is 8.16. The van der Waals surface area contributed by atoms with Crippen molar-refractivity contribution in [3.8, 4) is 16.9 Å². The highest BCUT2D eigenvalue weighted by Gasteiger charge is 2.10. The molecule has 2 heteroatoms. The van der Waals surface area contributed by atoms with Crippen molar-refractivity contribution in [3.05, 3.63) is 35.7 Å². The van der Waals surface area contributed by atoms with Gasteiger partial charge in [0.05, 0.1) is 6.61 Å². The van der Waals surface area contributed by atoms with Crippen molar-refractivity contribution in [2.45, 2.75) is 20.8 Å². The van der Waals surface area contributed by atoms with Crippen LogP contribution in [0.2, 0.25) is 0 Å². The van der Waals surface area contributed by atoms with E-state index in [1.54, 1.807) is 0 Å². The smallest absolute Gasteiger partial charge is 0.119 e. The van der Waals surface area contributed by atoms with Gasteiger partial charge in [0, 0.05) is 22.5 Å². The molecule has 0 unspecified atom stereocenters. The Morgan fingerprint density at radius 3 is 2.00 bits per heavy atom. The average molecular weight is 201 g/mol. The SMILES string of the molecule is CCOc1ccc2c(C)nc(C)c-2cc1. The molecule has 1 heterocycles. The maximum atomic E-state index is 5.47. The quantitative estimate of drug-likeness (QED) is 0.744. The molecular formula is C13H15NO. The first-order valence-electron chi connectivity index (χ1n) is 5.22. The molecule has 0 aromatic heterocycles. The van der Waals surface area contributed by atoms with Gasteiger partial charge in [-0.2, -0.15) is 0 Å². The molecule has 15 heavy (non-hydrogen) atoms. The molecule has 0 radical (unpaired) electrons. The van der Waals surface area contributed by atoms with Crippen LogP contribution in [-0.2, 0) is 0 Å². The van der Waals surface area contributed by atoms with Crippen molar-refractivity contribution in [2.75, 3.05) is 6.61 Å². The zero-order valence-corrected chi connectivity index (χ0v) is 9.37. The lowest BCUT2D eigenvalue weighted by molar-refractivity contribution is 0.340. The molecule has 0 bridgehead atoms. The van der Waals surface area contributed by atoms with E-state index in [0.717, 1.165) is 17.1 Å². The molecule has 0 amide bonds. The van der Waals surface area contributed by atoms with E-state index in [1.807, 2.05) is 32.9 Å². The fraction of sp³-hybridized carbons (Fsp3) is 0.308. The Balaban J connectivity index is 2.54. The summed E-state index contributed by atoms with van der Waals surface area (Å²) in [7, 11) is 0. The Morgan fingerprint density at radius 1 is 1.00 bits per heavy atom. The third-order valence-electron chi connectivity index (χ3n) is 2.54. The highest BCUT2D eigenvalue weighted by Crippen LogP contribution is 2.29. The minimum atomic E-state index is 0.699. The van der Waals surface area contributed by atoms with E-state index in [1.165, 1.54) is 11.1 Å². The minimum absolute atomic E-state index is 0.699. The summed E-state index contributed by atoms with van der Waals surface area (Å²) in [4.78, 5) is 4.45. The maximum absolute atomic E-state index is 5.47. The first-order valence-corrected chi connectivity index (χ1v) is 5.22. The van der Waals surface area contributed by atoms with Crippen molar-refractivity contribution in [2.24, 2.45) is 0 Å². The van der Waals surface area contributed by atoms with Gasteiger partial charge in [-0.25, -0.2) is 0 Å². The molecule has 0 aromatic rings. The number of aryl methyl sites for hydroxylation is 2. The van der Waals surface area contributed by atoms with Crippen LogP contribution in [0.15, 0.2) is 24.3 Å². The first-order chi connectivity index (χ1) is 7.22. The van der Waals surface area contributed by atoms with Crippen LogP contribution in [0.1, 0.15) is 18.3 Å². The van der Waals surface area contributed by atoms with Gasteiger partial charge in [0.25, 0.3) is 0 Å². The van der Waals surface area contributed by atoms with Crippen molar-refractivity contribution < 1.29 is 4.74 Å². The molecule has 2 rings (SSSR count). The second-order valence-electron chi connectivity index (χ2n) is 3.61. The van der Waals surface area contributed by atoms with E-state index in [0.29, 0.717) is 6.61 Å². The molecule has 0 saturated carbocycles. The predicted molar refractivity (Wildman–Crippen MR) is 61.5 cm³/mol. The van der Waals surface area contributed by atoms with Gasteiger partial charge in [-0.1, -0.05) is 0 Å². The Hall–Kier alpha value is -1.57. The molecule has 0 atom stereocenters. The molecule has 0 spiro atoms. The van der Waals surface area contributed by atoms with Crippen LogP contribution in [0, 0.1) is 13.8 Å². The van der Waals surface area contributed by atoms with Gasteiger partial charge in [0.15, 0.2) is 0 Å². The number of ether oxygens (including phenoxy) is 1. The van der Waals surface area contributed by atoms with Crippen molar-refractivity contribution in [1.29, 1.82) is 0 Å². The lowest BCUT2D eigenvalue weighted by Gasteiger charge is -1.97. The highest BCUT2D eigenvalue weighted by atomic mass is 16.5. The lowest BCUT2D eigenvalue weighted by Crippen LogP contribution is -1.88. The van der Waals surface area contributed by atoms with Crippen molar-refractivity contribution in [3.63, 3.8) is 0 Å². The fourth-order valence-electron chi connectivity index (χ4n) is 1.83. The van der Waals surface area contributed by atoms with E-state index in [2.05, 4.69) is 17.1 Å². The summed E-state index contributed by atoms with van der Waals surface area (Å²) >= 11 is 0. The van der Waals surface area contributed by atoms with Crippen LogP contribution in [0.3, 0.4) is 0 Å². The standard InChI is InChI=1S/C13H15NO/c1-4-15-11-5-7-12-9(2)14-10(3)13(12)8-6-11/h5-8H,4H2,1-3H3. The number of hydrogen-bond donors (Lipinski definition) is 0. The third kappa shape index (κ3) is 1.80. The van der Waals surface area contributed by atoms with E-state index < -0.39 is 0 Å². The topological polar surface area (TPSA) is 22.1 Å². The minimum Gasteiger partial charge on any atom is -0.494 e. The molecule has 0 N–H and O–H groups in total. The predicted octanol–water partition coefficient (Wildman–Crippen LogP) is 3.20. The zero-order valence-electron chi connectivity index (χ0n) is 9.37. The van der Waals surface area contributed by atoms with Crippen molar-refractivity contribution in [1.82, 2.24) is 4.98 Å². The van der Waals surface area contributed by atoms with E-state index in [9.17, 15) is 0 Å². The Bertz CT molecular complexity index is 414. The van der Waals surface area contributed by atoms with E-state index in [4.69, 9.17) is 4.74 Å². The second kappa shape index (κ2) is 3.89. The molecule has 0 fully saturated rings. The summed E-state index contributed by atoms with van der Waals surface area (Å²) in [5, 5.41) is 0. The average Bonchev–Trinajstić information content (AvgIpc) is 2.40. The summed E-state index contributed by atoms with van der Waals surface area (Å²) in [6.07, 6.45) is 0.